The molecule has 0 amide bonds. The lowest BCUT2D eigenvalue weighted by atomic mass is 9.67. The fourth-order valence-corrected chi connectivity index (χ4v) is 6.74. The Balaban J connectivity index is 1.55. The summed E-state index contributed by atoms with van der Waals surface area (Å²) in [5.74, 6) is 1.96. The summed E-state index contributed by atoms with van der Waals surface area (Å²) in [6, 6.07) is 11.5. The van der Waals surface area contributed by atoms with Crippen LogP contribution in [0.1, 0.15) is 47.9 Å². The van der Waals surface area contributed by atoms with Crippen molar-refractivity contribution in [2.24, 2.45) is 17.8 Å². The predicted molar refractivity (Wildman–Crippen MR) is 104 cm³/mol. The number of rotatable bonds is 1. The minimum atomic E-state index is -0.439. The molecule has 3 aromatic rings. The Bertz CT molecular complexity index is 1110. The Labute approximate surface area is 160 Å². The van der Waals surface area contributed by atoms with Crippen LogP contribution in [-0.2, 0) is 0 Å². The Hall–Kier alpha value is -2.45. The number of hydrogen-bond acceptors (Lipinski definition) is 4. The molecule has 1 aromatic heterocycles. The monoisotopic (exact) mass is 375 g/mol. The fraction of sp³-hybridized carbons (Fsp3) is 0.364. The van der Waals surface area contributed by atoms with Gasteiger partial charge in [-0.05, 0) is 72.8 Å². The third-order valence-corrected chi connectivity index (χ3v) is 7.82. The summed E-state index contributed by atoms with van der Waals surface area (Å²) >= 11 is 1.70. The van der Waals surface area contributed by atoms with Crippen LogP contribution >= 0.6 is 11.3 Å². The first kappa shape index (κ1) is 15.6. The number of aromatic nitrogens is 1. The van der Waals surface area contributed by atoms with Crippen molar-refractivity contribution in [1.29, 1.82) is 5.26 Å². The molecule has 2 unspecified atom stereocenters. The van der Waals surface area contributed by atoms with Crippen molar-refractivity contribution in [3.8, 4) is 6.07 Å². The van der Waals surface area contributed by atoms with Crippen molar-refractivity contribution in [3.05, 3.63) is 58.3 Å². The molecule has 2 aliphatic carbocycles. The summed E-state index contributed by atoms with van der Waals surface area (Å²) in [7, 11) is 0. The van der Waals surface area contributed by atoms with Gasteiger partial charge in [-0.1, -0.05) is 6.07 Å². The highest BCUT2D eigenvalue weighted by Crippen LogP contribution is 2.64. The van der Waals surface area contributed by atoms with Gasteiger partial charge < -0.3 is 5.32 Å². The zero-order chi connectivity index (χ0) is 18.1. The number of hydrogen-bond donors (Lipinski definition) is 1. The molecule has 2 heterocycles. The summed E-state index contributed by atoms with van der Waals surface area (Å²) in [5, 5.41) is 13.0. The molecule has 0 radical (unpaired) electrons. The van der Waals surface area contributed by atoms with Gasteiger partial charge in [0.1, 0.15) is 11.9 Å². The Morgan fingerprint density at radius 1 is 1.19 bits per heavy atom. The van der Waals surface area contributed by atoms with Crippen LogP contribution in [0.3, 0.4) is 0 Å². The van der Waals surface area contributed by atoms with Gasteiger partial charge in [0.25, 0.3) is 0 Å². The van der Waals surface area contributed by atoms with Gasteiger partial charge in [-0.15, -0.1) is 11.3 Å². The van der Waals surface area contributed by atoms with Crippen LogP contribution in [0.4, 0.5) is 10.1 Å². The van der Waals surface area contributed by atoms with Crippen molar-refractivity contribution in [3.63, 3.8) is 0 Å². The first-order valence-corrected chi connectivity index (χ1v) is 10.4. The maximum atomic E-state index is 13.9. The van der Waals surface area contributed by atoms with E-state index in [-0.39, 0.29) is 11.6 Å². The van der Waals surface area contributed by atoms with Gasteiger partial charge in [-0.3, -0.25) is 0 Å². The standard InChI is InChI=1S/C22H18FN3S/c23-15-4-3-13(8-14(15)9-24)21-19-12-2-1-11(7-12)18(19)20-16(26-21)5-6-17-22(20)25-10-27-17/h3-6,8,10-12,18-19,21,26H,1-2,7H2/t11?,12?,18-,19+,21-/m0/s1. The quantitative estimate of drug-likeness (QED) is 0.602. The molecule has 5 heteroatoms. The molecule has 1 aliphatic heterocycles. The SMILES string of the molecule is N#Cc1cc([C@@H]2Nc3ccc4scnc4c3[C@H]3C4CCC(C4)[C@@H]23)ccc1F. The summed E-state index contributed by atoms with van der Waals surface area (Å²) in [4.78, 5) is 4.70. The van der Waals surface area contributed by atoms with E-state index in [4.69, 9.17) is 4.98 Å². The molecule has 134 valence electrons. The van der Waals surface area contributed by atoms with Gasteiger partial charge in [-0.2, -0.15) is 5.26 Å². The van der Waals surface area contributed by atoms with Gasteiger partial charge in [0.15, 0.2) is 0 Å². The largest absolute Gasteiger partial charge is 0.378 e. The maximum absolute atomic E-state index is 13.9. The van der Waals surface area contributed by atoms with Gasteiger partial charge in [-0.25, -0.2) is 9.37 Å². The van der Waals surface area contributed by atoms with Gasteiger partial charge in [0.05, 0.1) is 27.3 Å². The van der Waals surface area contributed by atoms with E-state index in [1.165, 1.54) is 35.6 Å². The molecule has 1 N–H and O–H groups in total. The minimum Gasteiger partial charge on any atom is -0.378 e. The van der Waals surface area contributed by atoms with E-state index in [9.17, 15) is 9.65 Å². The van der Waals surface area contributed by atoms with E-state index in [1.807, 2.05) is 17.6 Å². The first-order chi connectivity index (χ1) is 13.2. The lowest BCUT2D eigenvalue weighted by Gasteiger charge is -2.43. The van der Waals surface area contributed by atoms with Crippen LogP contribution in [0.5, 0.6) is 0 Å². The molecule has 5 atom stereocenters. The summed E-state index contributed by atoms with van der Waals surface area (Å²) in [6.45, 7) is 0. The van der Waals surface area contributed by atoms with E-state index < -0.39 is 5.82 Å². The highest BCUT2D eigenvalue weighted by molar-refractivity contribution is 7.16. The van der Waals surface area contributed by atoms with Crippen LogP contribution in [0.15, 0.2) is 35.8 Å². The van der Waals surface area contributed by atoms with E-state index in [0.717, 1.165) is 16.8 Å². The van der Waals surface area contributed by atoms with Crippen LogP contribution in [0.2, 0.25) is 0 Å². The number of benzene rings is 2. The molecular formula is C22H18FN3S. The second-order valence-corrected chi connectivity index (χ2v) is 9.02. The molecule has 27 heavy (non-hydrogen) atoms. The molecule has 2 aromatic carbocycles. The summed E-state index contributed by atoms with van der Waals surface area (Å²) in [5.41, 5.74) is 6.82. The number of thiazole rings is 1. The molecule has 6 rings (SSSR count). The Kier molecular flexibility index (Phi) is 3.19. The fourth-order valence-electron chi connectivity index (χ4n) is 6.05. The predicted octanol–water partition coefficient (Wildman–Crippen LogP) is 5.60. The van der Waals surface area contributed by atoms with Crippen molar-refractivity contribution in [1.82, 2.24) is 4.98 Å². The maximum Gasteiger partial charge on any atom is 0.140 e. The molecule has 0 spiro atoms. The van der Waals surface area contributed by atoms with E-state index in [0.29, 0.717) is 23.7 Å². The third-order valence-electron chi connectivity index (χ3n) is 7.02. The first-order valence-electron chi connectivity index (χ1n) is 9.57. The number of anilines is 1. The zero-order valence-electron chi connectivity index (χ0n) is 14.7. The Morgan fingerprint density at radius 2 is 2.07 bits per heavy atom. The molecule has 2 fully saturated rings. The lowest BCUT2D eigenvalue weighted by molar-refractivity contribution is 0.248. The van der Waals surface area contributed by atoms with Crippen LogP contribution < -0.4 is 5.32 Å². The Morgan fingerprint density at radius 3 is 2.96 bits per heavy atom. The van der Waals surface area contributed by atoms with Crippen molar-refractivity contribution in [2.45, 2.75) is 31.2 Å². The van der Waals surface area contributed by atoms with E-state index in [1.54, 1.807) is 17.4 Å². The third kappa shape index (κ3) is 2.08. The molecule has 2 bridgehead atoms. The number of nitrogens with zero attached hydrogens (tertiary/aromatic N) is 2. The van der Waals surface area contributed by atoms with Crippen LogP contribution in [0.25, 0.3) is 10.2 Å². The summed E-state index contributed by atoms with van der Waals surface area (Å²) < 4.78 is 15.1. The average molecular weight is 375 g/mol. The molecule has 3 nitrogen and oxygen atoms in total. The van der Waals surface area contributed by atoms with Gasteiger partial charge in [0.2, 0.25) is 0 Å². The lowest BCUT2D eigenvalue weighted by Crippen LogP contribution is -2.35. The van der Waals surface area contributed by atoms with Gasteiger partial charge in [0, 0.05) is 11.3 Å². The second-order valence-electron chi connectivity index (χ2n) is 8.14. The molecule has 2 saturated carbocycles. The van der Waals surface area contributed by atoms with Crippen molar-refractivity contribution >= 4 is 27.2 Å². The highest BCUT2D eigenvalue weighted by atomic mass is 32.1. The zero-order valence-corrected chi connectivity index (χ0v) is 15.5. The van der Waals surface area contributed by atoms with Gasteiger partial charge >= 0.3 is 0 Å². The van der Waals surface area contributed by atoms with Crippen LogP contribution in [-0.4, -0.2) is 4.98 Å². The number of fused-ring (bicyclic) bond motifs is 9. The van der Waals surface area contributed by atoms with Crippen LogP contribution in [0, 0.1) is 34.9 Å². The number of nitriles is 1. The number of halogens is 1. The smallest absolute Gasteiger partial charge is 0.140 e. The molecular weight excluding hydrogens is 357 g/mol. The molecule has 3 aliphatic rings. The van der Waals surface area contributed by atoms with E-state index in [2.05, 4.69) is 17.4 Å². The van der Waals surface area contributed by atoms with E-state index >= 15 is 0 Å². The van der Waals surface area contributed by atoms with Crippen molar-refractivity contribution < 1.29 is 4.39 Å². The molecule has 0 saturated heterocycles. The highest BCUT2D eigenvalue weighted by Gasteiger charge is 2.54. The summed E-state index contributed by atoms with van der Waals surface area (Å²) in [6.07, 6.45) is 3.85. The van der Waals surface area contributed by atoms with Crippen molar-refractivity contribution in [2.75, 3.05) is 5.32 Å². The number of nitrogens with one attached hydrogen (secondary N) is 1. The average Bonchev–Trinajstić information content (AvgIpc) is 3.43. The normalized spacial score (nSPS) is 30.6. The minimum absolute atomic E-state index is 0.126. The topological polar surface area (TPSA) is 48.7 Å². The second kappa shape index (κ2) is 5.53.